The van der Waals surface area contributed by atoms with Gasteiger partial charge in [0.15, 0.2) is 0 Å². The average molecular weight is 595 g/mol. The zero-order chi connectivity index (χ0) is 30.8. The first kappa shape index (κ1) is 31.4. The highest BCUT2D eigenvalue weighted by Crippen LogP contribution is 2.31. The Kier molecular flexibility index (Phi) is 10.6. The third-order valence-corrected chi connectivity index (χ3v) is 6.72. The number of carboxylic acids is 1. The Hall–Kier alpha value is -4.54. The number of benzene rings is 4. The lowest BCUT2D eigenvalue weighted by Gasteiger charge is -2.25. The summed E-state index contributed by atoms with van der Waals surface area (Å²) in [6.07, 6.45) is -4.25. The summed E-state index contributed by atoms with van der Waals surface area (Å²) in [6, 6.07) is 26.0. The summed E-state index contributed by atoms with van der Waals surface area (Å²) in [4.78, 5) is 13.5. The van der Waals surface area contributed by atoms with Gasteiger partial charge in [0, 0.05) is 36.8 Å². The van der Waals surface area contributed by atoms with Crippen LogP contribution in [0.5, 0.6) is 23.0 Å². The van der Waals surface area contributed by atoms with Crippen LogP contribution in [0.2, 0.25) is 0 Å². The number of carbonyl (C=O) groups is 1. The van der Waals surface area contributed by atoms with Crippen molar-refractivity contribution in [2.75, 3.05) is 13.7 Å². The number of carboxylic acid groups (broad SMARTS) is 1. The van der Waals surface area contributed by atoms with E-state index in [1.165, 1.54) is 6.07 Å². The highest BCUT2D eigenvalue weighted by atomic mass is 19.4. The molecule has 0 saturated heterocycles. The lowest BCUT2D eigenvalue weighted by molar-refractivity contribution is -0.139. The van der Waals surface area contributed by atoms with Crippen LogP contribution >= 0.6 is 0 Å². The molecule has 0 spiro atoms. The molecule has 0 fully saturated rings. The fourth-order valence-corrected chi connectivity index (χ4v) is 4.44. The van der Waals surface area contributed by atoms with Crippen LogP contribution < -0.4 is 19.9 Å². The molecule has 4 aromatic carbocycles. The van der Waals surface area contributed by atoms with Gasteiger partial charge in [-0.3, -0.25) is 9.69 Å². The van der Waals surface area contributed by atoms with Crippen molar-refractivity contribution in [2.45, 2.75) is 38.3 Å². The molecule has 0 bridgehead atoms. The maximum atomic E-state index is 13.2. The number of rotatable bonds is 14. The molecule has 0 radical (unpaired) electrons. The van der Waals surface area contributed by atoms with Crippen molar-refractivity contribution in [1.82, 2.24) is 4.90 Å². The fraction of sp³-hybridized carbons (Fsp3) is 0.242. The van der Waals surface area contributed by atoms with Crippen molar-refractivity contribution < 1.29 is 37.3 Å². The molecule has 226 valence electrons. The zero-order valence-electron chi connectivity index (χ0n) is 23.6. The van der Waals surface area contributed by atoms with Gasteiger partial charge in [0.05, 0.1) is 12.7 Å². The Balaban J connectivity index is 1.54. The van der Waals surface area contributed by atoms with E-state index in [0.717, 1.165) is 23.3 Å². The number of ether oxygens (including phenoxy) is 3. The largest absolute Gasteiger partial charge is 0.497 e. The molecule has 0 aliphatic rings. The molecule has 0 aromatic heterocycles. The molecule has 7 nitrogen and oxygen atoms in total. The number of nitrogens with two attached hydrogens (primary N) is 1. The van der Waals surface area contributed by atoms with Gasteiger partial charge in [0.2, 0.25) is 0 Å². The van der Waals surface area contributed by atoms with Gasteiger partial charge < -0.3 is 25.1 Å². The van der Waals surface area contributed by atoms with Crippen LogP contribution in [-0.2, 0) is 30.7 Å². The normalized spacial score (nSPS) is 12.1. The molecule has 0 saturated carbocycles. The fourth-order valence-electron chi connectivity index (χ4n) is 4.44. The first-order valence-electron chi connectivity index (χ1n) is 13.6. The first-order chi connectivity index (χ1) is 20.6. The number of aliphatic carboxylic acids is 1. The number of halogens is 3. The number of hydrogen-bond donors (Lipinski definition) is 2. The quantitative estimate of drug-likeness (QED) is 0.164. The number of nitrogens with zero attached hydrogens (tertiary/aromatic N) is 1. The summed E-state index contributed by atoms with van der Waals surface area (Å²) < 4.78 is 57.0. The minimum absolute atomic E-state index is 0.0535. The van der Waals surface area contributed by atoms with Crippen molar-refractivity contribution in [3.63, 3.8) is 0 Å². The van der Waals surface area contributed by atoms with Crippen LogP contribution in [0.3, 0.4) is 0 Å². The lowest BCUT2D eigenvalue weighted by Crippen LogP contribution is -2.35. The van der Waals surface area contributed by atoms with Crippen LogP contribution in [0.15, 0.2) is 97.1 Å². The maximum Gasteiger partial charge on any atom is 0.416 e. The molecule has 10 heteroatoms. The highest BCUT2D eigenvalue weighted by Gasteiger charge is 2.30. The summed E-state index contributed by atoms with van der Waals surface area (Å²) in [7, 11) is 1.58. The first-order valence-corrected chi connectivity index (χ1v) is 13.6. The molecule has 43 heavy (non-hydrogen) atoms. The Morgan fingerprint density at radius 2 is 1.49 bits per heavy atom. The lowest BCUT2D eigenvalue weighted by atomic mass is 10.1. The van der Waals surface area contributed by atoms with Crippen LogP contribution in [0.25, 0.3) is 0 Å². The van der Waals surface area contributed by atoms with Crippen LogP contribution in [-0.4, -0.2) is 35.7 Å². The molecule has 0 heterocycles. The molecule has 0 aliphatic heterocycles. The maximum absolute atomic E-state index is 13.2. The monoisotopic (exact) mass is 594 g/mol. The van der Waals surface area contributed by atoms with Gasteiger partial charge in [0.25, 0.3) is 0 Å². The van der Waals surface area contributed by atoms with E-state index >= 15 is 0 Å². The Bertz CT molecular complexity index is 1510. The summed E-state index contributed by atoms with van der Waals surface area (Å²) in [6.45, 7) is 1.05. The van der Waals surface area contributed by atoms with Gasteiger partial charge in [0.1, 0.15) is 35.6 Å². The van der Waals surface area contributed by atoms with Crippen molar-refractivity contribution in [2.24, 2.45) is 5.73 Å². The molecule has 0 unspecified atom stereocenters. The van der Waals surface area contributed by atoms with Gasteiger partial charge in [-0.05, 0) is 48.4 Å². The number of hydrogen-bond acceptors (Lipinski definition) is 6. The van der Waals surface area contributed by atoms with Crippen molar-refractivity contribution in [3.8, 4) is 23.0 Å². The average Bonchev–Trinajstić information content (AvgIpc) is 3.00. The van der Waals surface area contributed by atoms with Gasteiger partial charge in [-0.1, -0.05) is 54.6 Å². The predicted octanol–water partition coefficient (Wildman–Crippen LogP) is 6.89. The second kappa shape index (κ2) is 14.6. The molecular weight excluding hydrogens is 561 g/mol. The highest BCUT2D eigenvalue weighted by molar-refractivity contribution is 5.73. The third kappa shape index (κ3) is 9.22. The number of methoxy groups -OCH3 is 1. The topological polar surface area (TPSA) is 94.2 Å². The standard InChI is InChI=1S/C33H33F3N2O5/c1-41-27-12-7-13-28(19-27)43-31-15-5-3-10-25(31)21-38(17-16-29(37)32(39)40)20-24-9-2-4-14-30(24)42-22-23-8-6-11-26(18-23)33(34,35)36/h2-15,18-19,29H,16-17,20-22,37H2,1H3,(H,39,40)/t29-/m0/s1. The Labute approximate surface area is 248 Å². The molecule has 0 amide bonds. The molecule has 1 atom stereocenters. The summed E-state index contributed by atoms with van der Waals surface area (Å²) in [5.74, 6) is 1.29. The third-order valence-electron chi connectivity index (χ3n) is 6.72. The van der Waals surface area contributed by atoms with Gasteiger partial charge in [-0.25, -0.2) is 0 Å². The Morgan fingerprint density at radius 3 is 2.16 bits per heavy atom. The van der Waals surface area contributed by atoms with Crippen LogP contribution in [0.1, 0.15) is 28.7 Å². The van der Waals surface area contributed by atoms with Gasteiger partial charge in [-0.2, -0.15) is 13.2 Å². The Morgan fingerprint density at radius 1 is 0.860 bits per heavy atom. The van der Waals surface area contributed by atoms with E-state index in [9.17, 15) is 23.1 Å². The molecule has 0 aliphatic carbocycles. The summed E-state index contributed by atoms with van der Waals surface area (Å²) >= 11 is 0. The number of alkyl halides is 3. The van der Waals surface area contributed by atoms with E-state index in [0.29, 0.717) is 48.2 Å². The summed E-state index contributed by atoms with van der Waals surface area (Å²) in [5, 5.41) is 9.35. The predicted molar refractivity (Wildman–Crippen MR) is 156 cm³/mol. The molecule has 4 rings (SSSR count). The van der Waals surface area contributed by atoms with Crippen molar-refractivity contribution >= 4 is 5.97 Å². The van der Waals surface area contributed by atoms with Crippen LogP contribution in [0.4, 0.5) is 13.2 Å². The van der Waals surface area contributed by atoms with E-state index in [2.05, 4.69) is 0 Å². The summed E-state index contributed by atoms with van der Waals surface area (Å²) in [5.41, 5.74) is 7.12. The minimum Gasteiger partial charge on any atom is -0.497 e. The zero-order valence-corrected chi connectivity index (χ0v) is 23.6. The second-order valence-electron chi connectivity index (χ2n) is 9.93. The molecular formula is C33H33F3N2O5. The van der Waals surface area contributed by atoms with E-state index in [4.69, 9.17) is 19.9 Å². The van der Waals surface area contributed by atoms with E-state index in [-0.39, 0.29) is 13.0 Å². The second-order valence-corrected chi connectivity index (χ2v) is 9.93. The molecule has 4 aromatic rings. The smallest absolute Gasteiger partial charge is 0.416 e. The van der Waals surface area contributed by atoms with Gasteiger partial charge >= 0.3 is 12.1 Å². The van der Waals surface area contributed by atoms with Gasteiger partial charge in [-0.15, -0.1) is 0 Å². The SMILES string of the molecule is COc1cccc(Oc2ccccc2CN(CC[C@H](N)C(=O)O)Cc2ccccc2OCc2cccc(C(F)(F)F)c2)c1. The van der Waals surface area contributed by atoms with Crippen LogP contribution in [0, 0.1) is 0 Å². The van der Waals surface area contributed by atoms with Crippen molar-refractivity contribution in [1.29, 1.82) is 0 Å². The molecule has 3 N–H and O–H groups in total. The van der Waals surface area contributed by atoms with E-state index in [1.807, 2.05) is 59.5 Å². The minimum atomic E-state index is -4.45. The number of para-hydroxylation sites is 2. The van der Waals surface area contributed by atoms with Crippen molar-refractivity contribution in [3.05, 3.63) is 119 Å². The van der Waals surface area contributed by atoms with E-state index < -0.39 is 23.8 Å². The van der Waals surface area contributed by atoms with E-state index in [1.54, 1.807) is 31.4 Å².